The van der Waals surface area contributed by atoms with Crippen molar-refractivity contribution in [3.63, 3.8) is 0 Å². The Hall–Kier alpha value is -3.29. The van der Waals surface area contributed by atoms with E-state index in [1.165, 1.54) is 6.26 Å². The van der Waals surface area contributed by atoms with Gasteiger partial charge < -0.3 is 25.3 Å². The molecule has 1 aromatic heterocycles. The quantitative estimate of drug-likeness (QED) is 0.468. The largest absolute Gasteiger partial charge is 0.459 e. The molecule has 0 bridgehead atoms. The monoisotopic (exact) mass is 425 g/mol. The van der Waals surface area contributed by atoms with Crippen molar-refractivity contribution in [3.8, 4) is 0 Å². The number of benzene rings is 1. The van der Waals surface area contributed by atoms with Crippen LogP contribution < -0.4 is 16.0 Å². The minimum Gasteiger partial charge on any atom is -0.459 e. The summed E-state index contributed by atoms with van der Waals surface area (Å²) in [6.07, 6.45) is 5.43. The van der Waals surface area contributed by atoms with Crippen LogP contribution >= 0.6 is 0 Å². The lowest BCUT2D eigenvalue weighted by Crippen LogP contribution is -2.49. The number of carbonyl (C=O) groups is 2. The SMILES string of the molecule is CN=C(NCc1ccc(NC(=O)c2ccco2)cc1)NCC1(C(=O)N(C)C)CCCC1. The van der Waals surface area contributed by atoms with Crippen LogP contribution in [0.5, 0.6) is 0 Å². The molecular weight excluding hydrogens is 394 g/mol. The third-order valence-corrected chi connectivity index (χ3v) is 5.66. The van der Waals surface area contributed by atoms with Crippen molar-refractivity contribution < 1.29 is 14.0 Å². The summed E-state index contributed by atoms with van der Waals surface area (Å²) in [5.74, 6) is 0.829. The van der Waals surface area contributed by atoms with Gasteiger partial charge in [0.25, 0.3) is 5.91 Å². The molecule has 0 spiro atoms. The number of anilines is 1. The zero-order valence-electron chi connectivity index (χ0n) is 18.4. The van der Waals surface area contributed by atoms with Crippen LogP contribution in [-0.2, 0) is 11.3 Å². The highest BCUT2D eigenvalue weighted by molar-refractivity contribution is 6.02. The number of hydrogen-bond acceptors (Lipinski definition) is 4. The number of rotatable bonds is 7. The van der Waals surface area contributed by atoms with Crippen LogP contribution in [0.4, 0.5) is 5.69 Å². The molecule has 1 saturated carbocycles. The number of nitrogens with one attached hydrogen (secondary N) is 3. The highest BCUT2D eigenvalue weighted by Gasteiger charge is 2.42. The van der Waals surface area contributed by atoms with Gasteiger partial charge in [0.15, 0.2) is 11.7 Å². The molecule has 1 aliphatic rings. The first-order valence-electron chi connectivity index (χ1n) is 10.5. The fraction of sp³-hybridized carbons (Fsp3) is 0.435. The van der Waals surface area contributed by atoms with Crippen LogP contribution in [0.25, 0.3) is 0 Å². The van der Waals surface area contributed by atoms with Gasteiger partial charge in [-0.1, -0.05) is 25.0 Å². The standard InChI is InChI=1S/C23H31N5O3/c1-24-22(26-16-23(12-4-5-13-23)21(30)28(2)3)25-15-17-8-10-18(11-9-17)27-20(29)19-7-6-14-31-19/h6-11,14H,4-5,12-13,15-16H2,1-3H3,(H,27,29)(H2,24,25,26). The molecule has 1 aromatic carbocycles. The first kappa shape index (κ1) is 22.4. The number of nitrogens with zero attached hydrogens (tertiary/aromatic N) is 2. The Morgan fingerprint density at radius 2 is 1.81 bits per heavy atom. The van der Waals surface area contributed by atoms with E-state index in [1.54, 1.807) is 24.1 Å². The molecule has 0 atom stereocenters. The minimum atomic E-state index is -0.352. The van der Waals surface area contributed by atoms with Gasteiger partial charge in [0, 0.05) is 39.9 Å². The average Bonchev–Trinajstić information content (AvgIpc) is 3.47. The molecule has 3 N–H and O–H groups in total. The smallest absolute Gasteiger partial charge is 0.291 e. The molecular formula is C23H31N5O3. The molecule has 0 unspecified atom stereocenters. The van der Waals surface area contributed by atoms with E-state index in [-0.39, 0.29) is 23.0 Å². The molecule has 2 amide bonds. The highest BCUT2D eigenvalue weighted by Crippen LogP contribution is 2.38. The molecule has 31 heavy (non-hydrogen) atoms. The van der Waals surface area contributed by atoms with Gasteiger partial charge in [-0.3, -0.25) is 14.6 Å². The molecule has 1 fully saturated rings. The van der Waals surface area contributed by atoms with Crippen LogP contribution in [0.3, 0.4) is 0 Å². The summed E-state index contributed by atoms with van der Waals surface area (Å²) < 4.78 is 5.10. The number of guanidine groups is 1. The fourth-order valence-electron chi connectivity index (χ4n) is 3.96. The van der Waals surface area contributed by atoms with E-state index in [0.717, 1.165) is 31.2 Å². The van der Waals surface area contributed by atoms with Crippen molar-refractivity contribution >= 4 is 23.5 Å². The number of amides is 2. The molecule has 166 valence electrons. The lowest BCUT2D eigenvalue weighted by molar-refractivity contribution is -0.138. The topological polar surface area (TPSA) is 99.0 Å². The Morgan fingerprint density at radius 3 is 2.39 bits per heavy atom. The van der Waals surface area contributed by atoms with E-state index >= 15 is 0 Å². The number of furan rings is 1. The van der Waals surface area contributed by atoms with Gasteiger partial charge >= 0.3 is 0 Å². The average molecular weight is 426 g/mol. The lowest BCUT2D eigenvalue weighted by atomic mass is 9.84. The lowest BCUT2D eigenvalue weighted by Gasteiger charge is -2.31. The number of aliphatic imine (C=N–C) groups is 1. The summed E-state index contributed by atoms with van der Waals surface area (Å²) >= 11 is 0. The Kier molecular flexibility index (Phi) is 7.33. The predicted octanol–water partition coefficient (Wildman–Crippen LogP) is 2.85. The summed E-state index contributed by atoms with van der Waals surface area (Å²) in [5.41, 5.74) is 1.38. The summed E-state index contributed by atoms with van der Waals surface area (Å²) in [4.78, 5) is 30.7. The van der Waals surface area contributed by atoms with Crippen molar-refractivity contribution in [2.24, 2.45) is 10.4 Å². The molecule has 2 aromatic rings. The second-order valence-corrected chi connectivity index (χ2v) is 8.09. The van der Waals surface area contributed by atoms with Gasteiger partial charge in [0.1, 0.15) is 0 Å². The van der Waals surface area contributed by atoms with Crippen molar-refractivity contribution in [1.82, 2.24) is 15.5 Å². The zero-order valence-corrected chi connectivity index (χ0v) is 18.4. The fourth-order valence-corrected chi connectivity index (χ4v) is 3.96. The molecule has 8 nitrogen and oxygen atoms in total. The predicted molar refractivity (Wildman–Crippen MR) is 121 cm³/mol. The Bertz CT molecular complexity index is 898. The third-order valence-electron chi connectivity index (χ3n) is 5.66. The van der Waals surface area contributed by atoms with Crippen LogP contribution in [0, 0.1) is 5.41 Å². The summed E-state index contributed by atoms with van der Waals surface area (Å²) in [6, 6.07) is 10.9. The van der Waals surface area contributed by atoms with Crippen molar-refractivity contribution in [2.45, 2.75) is 32.2 Å². The summed E-state index contributed by atoms with van der Waals surface area (Å²) in [7, 11) is 5.35. The van der Waals surface area contributed by atoms with E-state index in [9.17, 15) is 9.59 Å². The van der Waals surface area contributed by atoms with E-state index in [2.05, 4.69) is 20.9 Å². The van der Waals surface area contributed by atoms with E-state index < -0.39 is 0 Å². The maximum Gasteiger partial charge on any atom is 0.291 e. The van der Waals surface area contributed by atoms with Crippen LogP contribution in [0.2, 0.25) is 0 Å². The van der Waals surface area contributed by atoms with Gasteiger partial charge in [-0.25, -0.2) is 0 Å². The zero-order chi connectivity index (χ0) is 22.3. The Balaban J connectivity index is 1.51. The minimum absolute atomic E-state index is 0.181. The second kappa shape index (κ2) is 10.1. The molecule has 0 aliphatic heterocycles. The van der Waals surface area contributed by atoms with Gasteiger partial charge in [-0.2, -0.15) is 0 Å². The molecule has 1 aliphatic carbocycles. The second-order valence-electron chi connectivity index (χ2n) is 8.09. The molecule has 1 heterocycles. The van der Waals surface area contributed by atoms with Gasteiger partial charge in [-0.15, -0.1) is 0 Å². The molecule has 3 rings (SSSR count). The maximum atomic E-state index is 12.7. The van der Waals surface area contributed by atoms with E-state index in [4.69, 9.17) is 4.42 Å². The van der Waals surface area contributed by atoms with E-state index in [1.807, 2.05) is 38.4 Å². The Morgan fingerprint density at radius 1 is 1.10 bits per heavy atom. The molecule has 0 radical (unpaired) electrons. The highest BCUT2D eigenvalue weighted by atomic mass is 16.3. The molecule has 8 heteroatoms. The van der Waals surface area contributed by atoms with Crippen molar-refractivity contribution in [2.75, 3.05) is 33.0 Å². The van der Waals surface area contributed by atoms with Crippen LogP contribution in [0.15, 0.2) is 52.1 Å². The number of carbonyl (C=O) groups excluding carboxylic acids is 2. The maximum absolute atomic E-state index is 12.7. The van der Waals surface area contributed by atoms with Gasteiger partial charge in [0.2, 0.25) is 5.91 Å². The molecule has 0 saturated heterocycles. The van der Waals surface area contributed by atoms with Crippen molar-refractivity contribution in [3.05, 3.63) is 54.0 Å². The first-order valence-corrected chi connectivity index (χ1v) is 10.5. The normalized spacial score (nSPS) is 15.4. The van der Waals surface area contributed by atoms with Crippen LogP contribution in [0.1, 0.15) is 41.8 Å². The van der Waals surface area contributed by atoms with Crippen LogP contribution in [-0.4, -0.2) is 50.4 Å². The van der Waals surface area contributed by atoms with Crippen molar-refractivity contribution in [1.29, 1.82) is 0 Å². The van der Waals surface area contributed by atoms with Gasteiger partial charge in [0.05, 0.1) is 11.7 Å². The van der Waals surface area contributed by atoms with E-state index in [0.29, 0.717) is 24.7 Å². The number of hydrogen-bond donors (Lipinski definition) is 3. The first-order chi connectivity index (χ1) is 14.9. The van der Waals surface area contributed by atoms with Gasteiger partial charge in [-0.05, 0) is 42.7 Å². The third kappa shape index (κ3) is 5.65. The summed E-state index contributed by atoms with van der Waals surface area (Å²) in [6.45, 7) is 1.14. The summed E-state index contributed by atoms with van der Waals surface area (Å²) in [5, 5.41) is 9.42. The Labute approximate surface area is 183 Å².